The van der Waals surface area contributed by atoms with Gasteiger partial charge in [0.15, 0.2) is 0 Å². The molecule has 1 aliphatic heterocycles. The Bertz CT molecular complexity index is 1200. The Labute approximate surface area is 201 Å². The van der Waals surface area contributed by atoms with E-state index in [0.29, 0.717) is 16.5 Å². The molecule has 1 aliphatic rings. The van der Waals surface area contributed by atoms with E-state index in [-0.39, 0.29) is 11.4 Å². The molecule has 0 radical (unpaired) electrons. The van der Waals surface area contributed by atoms with E-state index in [9.17, 15) is 4.79 Å². The van der Waals surface area contributed by atoms with Crippen molar-refractivity contribution in [2.24, 2.45) is 5.10 Å². The third-order valence-corrected chi connectivity index (χ3v) is 7.11. The summed E-state index contributed by atoms with van der Waals surface area (Å²) in [4.78, 5) is 14.9. The van der Waals surface area contributed by atoms with Crippen LogP contribution in [0.25, 0.3) is 5.69 Å². The molecule has 0 fully saturated rings. The minimum absolute atomic E-state index is 0.0770. The smallest absolute Gasteiger partial charge is 0.271 e. The lowest BCUT2D eigenvalue weighted by Crippen LogP contribution is -2.45. The Balaban J connectivity index is 1.48. The van der Waals surface area contributed by atoms with Crippen molar-refractivity contribution < 1.29 is 4.79 Å². The summed E-state index contributed by atoms with van der Waals surface area (Å²) in [5.41, 5.74) is 9.77. The van der Waals surface area contributed by atoms with Crippen molar-refractivity contribution in [3.05, 3.63) is 81.6 Å². The lowest BCUT2D eigenvalue weighted by molar-refractivity contribution is 0.0955. The zero-order valence-electron chi connectivity index (χ0n) is 20.1. The standard InChI is InChI=1S/C27H31ClN4O/c1-17-15-27(4,5)31(6)25-14-24(28)21(13-23(17)25)16-29-30-26(33)20-9-11-22(12-10-20)32-18(2)7-8-19(32)3/h7-14,16-17H,15H2,1-6H3,(H,30,33)/b29-16-. The van der Waals surface area contributed by atoms with Crippen LogP contribution in [-0.2, 0) is 0 Å². The van der Waals surface area contributed by atoms with Gasteiger partial charge in [-0.3, -0.25) is 4.79 Å². The fourth-order valence-electron chi connectivity index (χ4n) is 4.77. The van der Waals surface area contributed by atoms with E-state index in [1.165, 1.54) is 5.56 Å². The van der Waals surface area contributed by atoms with Gasteiger partial charge in [-0.1, -0.05) is 18.5 Å². The van der Waals surface area contributed by atoms with Crippen LogP contribution in [0.2, 0.25) is 5.02 Å². The summed E-state index contributed by atoms with van der Waals surface area (Å²) in [5, 5.41) is 4.79. The number of rotatable bonds is 4. The van der Waals surface area contributed by atoms with E-state index in [2.05, 4.69) is 79.9 Å². The lowest BCUT2D eigenvalue weighted by atomic mass is 9.80. The first kappa shape index (κ1) is 23.1. The number of aromatic nitrogens is 1. The summed E-state index contributed by atoms with van der Waals surface area (Å²) in [6, 6.07) is 15.7. The average Bonchev–Trinajstić information content (AvgIpc) is 3.10. The van der Waals surface area contributed by atoms with Crippen molar-refractivity contribution in [3.63, 3.8) is 0 Å². The average molecular weight is 463 g/mol. The molecule has 6 heteroatoms. The molecule has 1 N–H and O–H groups in total. The van der Waals surface area contributed by atoms with E-state index in [1.807, 2.05) is 30.3 Å². The monoisotopic (exact) mass is 462 g/mol. The van der Waals surface area contributed by atoms with Gasteiger partial charge in [-0.15, -0.1) is 0 Å². The maximum atomic E-state index is 12.6. The number of carbonyl (C=O) groups excluding carboxylic acids is 1. The first-order chi connectivity index (χ1) is 15.6. The maximum Gasteiger partial charge on any atom is 0.271 e. The van der Waals surface area contributed by atoms with Crippen molar-refractivity contribution in [2.75, 3.05) is 11.9 Å². The minimum Gasteiger partial charge on any atom is -0.369 e. The van der Waals surface area contributed by atoms with Gasteiger partial charge < -0.3 is 9.47 Å². The second kappa shape index (κ2) is 8.71. The highest BCUT2D eigenvalue weighted by Gasteiger charge is 2.34. The second-order valence-electron chi connectivity index (χ2n) is 9.61. The Kier molecular flexibility index (Phi) is 6.10. The summed E-state index contributed by atoms with van der Waals surface area (Å²) in [5.74, 6) is 0.152. The van der Waals surface area contributed by atoms with Gasteiger partial charge in [0.2, 0.25) is 0 Å². The van der Waals surface area contributed by atoms with Crippen molar-refractivity contribution in [2.45, 2.75) is 52.5 Å². The second-order valence-corrected chi connectivity index (χ2v) is 10.0. The highest BCUT2D eigenvalue weighted by molar-refractivity contribution is 6.33. The van der Waals surface area contributed by atoms with Gasteiger partial charge in [0.25, 0.3) is 5.91 Å². The van der Waals surface area contributed by atoms with Gasteiger partial charge in [-0.05, 0) is 94.1 Å². The number of aryl methyl sites for hydroxylation is 2. The number of nitrogens with zero attached hydrogens (tertiary/aromatic N) is 3. The van der Waals surface area contributed by atoms with E-state index in [4.69, 9.17) is 11.6 Å². The SMILES string of the molecule is Cc1ccc(C)n1-c1ccc(C(=O)N/N=C\c2cc3c(cc2Cl)N(C)C(C)(C)CC3C)cc1. The molecule has 0 saturated heterocycles. The van der Waals surface area contributed by atoms with E-state index < -0.39 is 0 Å². The van der Waals surface area contributed by atoms with Crippen LogP contribution in [0.3, 0.4) is 0 Å². The van der Waals surface area contributed by atoms with Gasteiger partial charge in [-0.25, -0.2) is 5.43 Å². The van der Waals surface area contributed by atoms with Crippen LogP contribution >= 0.6 is 11.6 Å². The van der Waals surface area contributed by atoms with E-state index in [0.717, 1.165) is 34.7 Å². The zero-order chi connectivity index (χ0) is 23.9. The Hall–Kier alpha value is -3.05. The van der Waals surface area contributed by atoms with Crippen molar-refractivity contribution in [1.82, 2.24) is 9.99 Å². The molecule has 5 nitrogen and oxygen atoms in total. The minimum atomic E-state index is -0.261. The molecule has 1 aromatic heterocycles. The molecular formula is C27H31ClN4O. The van der Waals surface area contributed by atoms with Crippen LogP contribution in [0.5, 0.6) is 0 Å². The Morgan fingerprint density at radius 3 is 2.39 bits per heavy atom. The first-order valence-electron chi connectivity index (χ1n) is 11.2. The van der Waals surface area contributed by atoms with Gasteiger partial charge in [-0.2, -0.15) is 5.10 Å². The van der Waals surface area contributed by atoms with Gasteiger partial charge in [0.1, 0.15) is 0 Å². The fraction of sp³-hybridized carbons (Fsp3) is 0.333. The summed E-state index contributed by atoms with van der Waals surface area (Å²) >= 11 is 6.56. The topological polar surface area (TPSA) is 49.6 Å². The lowest BCUT2D eigenvalue weighted by Gasteiger charge is -2.45. The number of halogens is 1. The molecule has 0 bridgehead atoms. The molecule has 4 rings (SSSR count). The summed E-state index contributed by atoms with van der Waals surface area (Å²) in [6.07, 6.45) is 2.68. The molecule has 0 aliphatic carbocycles. The van der Waals surface area contributed by atoms with Crippen LogP contribution in [0.4, 0.5) is 5.69 Å². The van der Waals surface area contributed by atoms with Gasteiger partial charge >= 0.3 is 0 Å². The highest BCUT2D eigenvalue weighted by atomic mass is 35.5. The van der Waals surface area contributed by atoms with Crippen LogP contribution in [0, 0.1) is 13.8 Å². The number of nitrogens with one attached hydrogen (secondary N) is 1. The summed E-state index contributed by atoms with van der Waals surface area (Å²) in [7, 11) is 2.11. The van der Waals surface area contributed by atoms with Crippen molar-refractivity contribution >= 4 is 29.4 Å². The number of fused-ring (bicyclic) bond motifs is 1. The zero-order valence-corrected chi connectivity index (χ0v) is 20.9. The van der Waals surface area contributed by atoms with Crippen molar-refractivity contribution in [1.29, 1.82) is 0 Å². The normalized spacial score (nSPS) is 17.3. The first-order valence-corrected chi connectivity index (χ1v) is 11.6. The quantitative estimate of drug-likeness (QED) is 0.369. The molecule has 0 saturated carbocycles. The number of benzene rings is 2. The Morgan fingerprint density at radius 2 is 1.76 bits per heavy atom. The maximum absolute atomic E-state index is 12.6. The number of amides is 1. The number of carbonyl (C=O) groups is 1. The molecule has 3 aromatic rings. The van der Waals surface area contributed by atoms with E-state index in [1.54, 1.807) is 6.21 Å². The van der Waals surface area contributed by atoms with Crippen LogP contribution in [-0.4, -0.2) is 29.3 Å². The largest absolute Gasteiger partial charge is 0.369 e. The van der Waals surface area contributed by atoms with Crippen LogP contribution in [0.15, 0.2) is 53.6 Å². The number of anilines is 1. The molecule has 1 atom stereocenters. The third kappa shape index (κ3) is 4.42. The van der Waals surface area contributed by atoms with Gasteiger partial charge in [0.05, 0.1) is 11.2 Å². The van der Waals surface area contributed by atoms with Crippen LogP contribution in [0.1, 0.15) is 66.0 Å². The van der Waals surface area contributed by atoms with Crippen molar-refractivity contribution in [3.8, 4) is 5.69 Å². The summed E-state index contributed by atoms with van der Waals surface area (Å²) < 4.78 is 2.15. The molecule has 1 unspecified atom stereocenters. The number of hydrogen-bond donors (Lipinski definition) is 1. The molecule has 0 spiro atoms. The molecular weight excluding hydrogens is 432 g/mol. The van der Waals surface area contributed by atoms with Crippen LogP contribution < -0.4 is 10.3 Å². The highest BCUT2D eigenvalue weighted by Crippen LogP contribution is 2.44. The predicted octanol–water partition coefficient (Wildman–Crippen LogP) is 6.23. The molecule has 1 amide bonds. The summed E-state index contributed by atoms with van der Waals surface area (Å²) in [6.45, 7) is 10.9. The van der Waals surface area contributed by atoms with E-state index >= 15 is 0 Å². The third-order valence-electron chi connectivity index (χ3n) is 6.78. The molecule has 2 aromatic carbocycles. The number of hydrogen-bond acceptors (Lipinski definition) is 3. The predicted molar refractivity (Wildman–Crippen MR) is 137 cm³/mol. The Morgan fingerprint density at radius 1 is 1.12 bits per heavy atom. The number of hydrazone groups is 1. The van der Waals surface area contributed by atoms with Gasteiger partial charge in [0, 0.05) is 46.5 Å². The molecule has 33 heavy (non-hydrogen) atoms. The molecule has 2 heterocycles. The fourth-order valence-corrected chi connectivity index (χ4v) is 4.97. The molecule has 172 valence electrons.